The summed E-state index contributed by atoms with van der Waals surface area (Å²) >= 11 is 0. The van der Waals surface area contributed by atoms with Gasteiger partial charge in [-0.1, -0.05) is 24.3 Å². The van der Waals surface area contributed by atoms with Crippen LogP contribution in [0, 0.1) is 0 Å². The monoisotopic (exact) mass is 332 g/mol. The fraction of sp³-hybridized carbons (Fsp3) is 0.176. The fourth-order valence-corrected chi connectivity index (χ4v) is 2.45. The number of aromatic nitrogens is 3. The third kappa shape index (κ3) is 3.40. The molecule has 2 heterocycles. The minimum atomic E-state index is -4.46. The van der Waals surface area contributed by atoms with Gasteiger partial charge in [-0.05, 0) is 36.8 Å². The molecule has 4 nitrogen and oxygen atoms in total. The number of anilines is 1. The van der Waals surface area contributed by atoms with Crippen molar-refractivity contribution in [2.24, 2.45) is 0 Å². The van der Waals surface area contributed by atoms with E-state index >= 15 is 0 Å². The first-order valence-electron chi connectivity index (χ1n) is 7.35. The predicted molar refractivity (Wildman–Crippen MR) is 84.8 cm³/mol. The molecule has 1 unspecified atom stereocenters. The number of pyridine rings is 1. The number of nitrogens with zero attached hydrogens (tertiary/aromatic N) is 3. The second-order valence-electron chi connectivity index (χ2n) is 5.28. The van der Waals surface area contributed by atoms with Gasteiger partial charge in [0.15, 0.2) is 0 Å². The van der Waals surface area contributed by atoms with E-state index in [1.54, 1.807) is 10.9 Å². The molecule has 3 aromatic rings. The van der Waals surface area contributed by atoms with Crippen LogP contribution < -0.4 is 5.32 Å². The highest BCUT2D eigenvalue weighted by Gasteiger charge is 2.32. The summed E-state index contributed by atoms with van der Waals surface area (Å²) in [4.78, 5) is 3.64. The molecule has 0 aliphatic heterocycles. The van der Waals surface area contributed by atoms with E-state index in [1.807, 2.05) is 43.5 Å². The maximum Gasteiger partial charge on any atom is 0.433 e. The molecule has 24 heavy (non-hydrogen) atoms. The van der Waals surface area contributed by atoms with Crippen LogP contribution in [0.2, 0.25) is 0 Å². The van der Waals surface area contributed by atoms with Crippen LogP contribution in [-0.2, 0) is 6.18 Å². The molecule has 2 aromatic heterocycles. The summed E-state index contributed by atoms with van der Waals surface area (Å²) in [7, 11) is 0. The lowest BCUT2D eigenvalue weighted by Gasteiger charge is -2.19. The SMILES string of the molecule is CC(Nc1cccc(C(F)(F)F)n1)c1ccccc1-n1cccn1. The van der Waals surface area contributed by atoms with Crippen LogP contribution in [0.4, 0.5) is 19.0 Å². The van der Waals surface area contributed by atoms with Gasteiger partial charge >= 0.3 is 6.18 Å². The molecular formula is C17H15F3N4. The van der Waals surface area contributed by atoms with Crippen molar-refractivity contribution in [1.82, 2.24) is 14.8 Å². The van der Waals surface area contributed by atoms with Crippen LogP contribution in [0.1, 0.15) is 24.2 Å². The van der Waals surface area contributed by atoms with Gasteiger partial charge in [0.25, 0.3) is 0 Å². The Kier molecular flexibility index (Phi) is 4.24. The van der Waals surface area contributed by atoms with Gasteiger partial charge in [0, 0.05) is 12.4 Å². The van der Waals surface area contributed by atoms with Crippen LogP contribution >= 0.6 is 0 Å². The van der Waals surface area contributed by atoms with Crippen molar-refractivity contribution in [3.05, 3.63) is 72.2 Å². The number of nitrogens with one attached hydrogen (secondary N) is 1. The number of rotatable bonds is 4. The Bertz CT molecular complexity index is 813. The van der Waals surface area contributed by atoms with Crippen molar-refractivity contribution in [2.45, 2.75) is 19.1 Å². The summed E-state index contributed by atoms with van der Waals surface area (Å²) < 4.78 is 40.0. The molecule has 0 spiro atoms. The molecule has 0 aliphatic rings. The average molecular weight is 332 g/mol. The quantitative estimate of drug-likeness (QED) is 0.767. The number of para-hydroxylation sites is 1. The first kappa shape index (κ1) is 16.0. The van der Waals surface area contributed by atoms with Crippen LogP contribution in [0.3, 0.4) is 0 Å². The fourth-order valence-electron chi connectivity index (χ4n) is 2.45. The van der Waals surface area contributed by atoms with Crippen molar-refractivity contribution in [3.8, 4) is 5.69 Å². The summed E-state index contributed by atoms with van der Waals surface area (Å²) in [6.45, 7) is 1.87. The molecule has 0 saturated heterocycles. The summed E-state index contributed by atoms with van der Waals surface area (Å²) in [5.41, 5.74) is 0.843. The van der Waals surface area contributed by atoms with Gasteiger partial charge < -0.3 is 5.32 Å². The topological polar surface area (TPSA) is 42.7 Å². The van der Waals surface area contributed by atoms with Crippen molar-refractivity contribution in [3.63, 3.8) is 0 Å². The van der Waals surface area contributed by atoms with E-state index in [4.69, 9.17) is 0 Å². The number of hydrogen-bond acceptors (Lipinski definition) is 3. The Morgan fingerprint density at radius 2 is 1.83 bits per heavy atom. The summed E-state index contributed by atoms with van der Waals surface area (Å²) in [5.74, 6) is 0.174. The highest BCUT2D eigenvalue weighted by molar-refractivity contribution is 5.47. The van der Waals surface area contributed by atoms with E-state index in [0.717, 1.165) is 17.3 Å². The van der Waals surface area contributed by atoms with E-state index in [0.29, 0.717) is 0 Å². The molecule has 1 N–H and O–H groups in total. The third-order valence-corrected chi connectivity index (χ3v) is 3.56. The maximum absolute atomic E-state index is 12.8. The van der Waals surface area contributed by atoms with Gasteiger partial charge in [0.2, 0.25) is 0 Å². The number of halogens is 3. The van der Waals surface area contributed by atoms with Crippen LogP contribution in [0.5, 0.6) is 0 Å². The minimum Gasteiger partial charge on any atom is -0.363 e. The Morgan fingerprint density at radius 3 is 2.54 bits per heavy atom. The molecule has 1 atom stereocenters. The molecule has 0 saturated carbocycles. The van der Waals surface area contributed by atoms with E-state index in [9.17, 15) is 13.2 Å². The summed E-state index contributed by atoms with van der Waals surface area (Å²) in [6.07, 6.45) is -0.981. The molecule has 0 amide bonds. The molecular weight excluding hydrogens is 317 g/mol. The zero-order valence-corrected chi connectivity index (χ0v) is 12.8. The van der Waals surface area contributed by atoms with Crippen LogP contribution in [0.25, 0.3) is 5.69 Å². The summed E-state index contributed by atoms with van der Waals surface area (Å²) in [6, 6.07) is 12.9. The van der Waals surface area contributed by atoms with E-state index < -0.39 is 11.9 Å². The molecule has 0 bridgehead atoms. The Balaban J connectivity index is 1.88. The zero-order valence-electron chi connectivity index (χ0n) is 12.8. The second-order valence-corrected chi connectivity index (χ2v) is 5.28. The Labute approximate surface area is 137 Å². The van der Waals surface area contributed by atoms with Gasteiger partial charge in [-0.3, -0.25) is 0 Å². The van der Waals surface area contributed by atoms with E-state index in [1.165, 1.54) is 12.1 Å². The van der Waals surface area contributed by atoms with Crippen molar-refractivity contribution < 1.29 is 13.2 Å². The van der Waals surface area contributed by atoms with Gasteiger partial charge in [-0.25, -0.2) is 9.67 Å². The number of benzene rings is 1. The van der Waals surface area contributed by atoms with Crippen LogP contribution in [-0.4, -0.2) is 14.8 Å². The highest BCUT2D eigenvalue weighted by atomic mass is 19.4. The number of hydrogen-bond donors (Lipinski definition) is 1. The molecule has 0 fully saturated rings. The van der Waals surface area contributed by atoms with E-state index in [-0.39, 0.29) is 11.9 Å². The first-order valence-corrected chi connectivity index (χ1v) is 7.35. The van der Waals surface area contributed by atoms with E-state index in [2.05, 4.69) is 15.4 Å². The molecule has 3 rings (SSSR count). The van der Waals surface area contributed by atoms with Crippen molar-refractivity contribution in [2.75, 3.05) is 5.32 Å². The van der Waals surface area contributed by atoms with Gasteiger partial charge in [-0.2, -0.15) is 18.3 Å². The van der Waals surface area contributed by atoms with Gasteiger partial charge in [-0.15, -0.1) is 0 Å². The zero-order chi connectivity index (χ0) is 17.2. The molecule has 124 valence electrons. The average Bonchev–Trinajstić information content (AvgIpc) is 3.08. The van der Waals surface area contributed by atoms with Crippen LogP contribution in [0.15, 0.2) is 60.9 Å². The normalized spacial score (nSPS) is 12.8. The molecule has 0 aliphatic carbocycles. The Hall–Kier alpha value is -2.83. The molecule has 7 heteroatoms. The summed E-state index contributed by atoms with van der Waals surface area (Å²) in [5, 5.41) is 7.23. The maximum atomic E-state index is 12.8. The predicted octanol–water partition coefficient (Wildman–Crippen LogP) is 4.46. The second kappa shape index (κ2) is 6.35. The standard InChI is InChI=1S/C17H15F3N4/c1-12(22-16-9-4-8-15(23-16)17(18,19)20)13-6-2-3-7-14(13)24-11-5-10-21-24/h2-12H,1H3,(H,22,23). The lowest BCUT2D eigenvalue weighted by Crippen LogP contribution is -2.14. The first-order chi connectivity index (χ1) is 11.4. The Morgan fingerprint density at radius 1 is 1.04 bits per heavy atom. The minimum absolute atomic E-state index is 0.174. The van der Waals surface area contributed by atoms with Gasteiger partial charge in [0.1, 0.15) is 11.5 Å². The lowest BCUT2D eigenvalue weighted by atomic mass is 10.1. The third-order valence-electron chi connectivity index (χ3n) is 3.56. The number of alkyl halides is 3. The largest absolute Gasteiger partial charge is 0.433 e. The van der Waals surface area contributed by atoms with Crippen molar-refractivity contribution >= 4 is 5.82 Å². The highest BCUT2D eigenvalue weighted by Crippen LogP contribution is 2.29. The smallest absolute Gasteiger partial charge is 0.363 e. The van der Waals surface area contributed by atoms with Crippen molar-refractivity contribution in [1.29, 1.82) is 0 Å². The van der Waals surface area contributed by atoms with Gasteiger partial charge in [0.05, 0.1) is 11.7 Å². The molecule has 1 aromatic carbocycles. The lowest BCUT2D eigenvalue weighted by molar-refractivity contribution is -0.141. The molecule has 0 radical (unpaired) electrons.